The third kappa shape index (κ3) is 6.01. The predicted molar refractivity (Wildman–Crippen MR) is 133 cm³/mol. The number of likely N-dealkylation sites (tertiary alicyclic amines) is 1. The van der Waals surface area contributed by atoms with E-state index in [9.17, 15) is 18.0 Å². The van der Waals surface area contributed by atoms with Crippen LogP contribution in [0.15, 0.2) is 51.2 Å². The van der Waals surface area contributed by atoms with Crippen molar-refractivity contribution in [3.63, 3.8) is 0 Å². The molecule has 3 amide bonds. The number of aromatic nitrogens is 1. The van der Waals surface area contributed by atoms with Crippen LogP contribution in [0.3, 0.4) is 0 Å². The number of nitrogens with one attached hydrogen (secondary N) is 3. The number of amides is 3. The first-order valence-electron chi connectivity index (χ1n) is 11.1. The Labute approximate surface area is 207 Å². The van der Waals surface area contributed by atoms with Gasteiger partial charge in [0, 0.05) is 29.2 Å². The highest BCUT2D eigenvalue weighted by Crippen LogP contribution is 2.24. The number of urea groups is 1. The number of anilines is 2. The normalized spacial score (nSPS) is 16.1. The Kier molecular flexibility index (Phi) is 7.41. The number of benzene rings is 1. The van der Waals surface area contributed by atoms with E-state index in [1.54, 1.807) is 30.1 Å². The van der Waals surface area contributed by atoms with Gasteiger partial charge in [-0.15, -0.1) is 11.3 Å². The largest absolute Gasteiger partial charge is 0.337 e. The number of rotatable bonds is 7. The average Bonchev–Trinajstić information content (AvgIpc) is 3.48. The first-order valence-corrected chi connectivity index (χ1v) is 13.5. The van der Waals surface area contributed by atoms with Gasteiger partial charge in [0.1, 0.15) is 0 Å². The molecule has 186 valence electrons. The number of hydrogen-bond donors (Lipinski definition) is 3. The van der Waals surface area contributed by atoms with Crippen molar-refractivity contribution >= 4 is 44.9 Å². The zero-order chi connectivity index (χ0) is 25.0. The first-order chi connectivity index (χ1) is 16.7. The lowest BCUT2D eigenvalue weighted by atomic mass is 9.97. The molecule has 1 fully saturated rings. The minimum Gasteiger partial charge on any atom is -0.337 e. The lowest BCUT2D eigenvalue weighted by Gasteiger charge is -2.32. The van der Waals surface area contributed by atoms with Gasteiger partial charge in [-0.1, -0.05) is 11.2 Å². The summed E-state index contributed by atoms with van der Waals surface area (Å²) in [5, 5.41) is 11.4. The van der Waals surface area contributed by atoms with Gasteiger partial charge in [0.15, 0.2) is 0 Å². The molecule has 3 aromatic rings. The van der Waals surface area contributed by atoms with E-state index < -0.39 is 10.0 Å². The quantitative estimate of drug-likeness (QED) is 0.437. The van der Waals surface area contributed by atoms with Crippen molar-refractivity contribution in [2.45, 2.75) is 38.1 Å². The van der Waals surface area contributed by atoms with Crippen LogP contribution in [0.25, 0.3) is 0 Å². The molecule has 0 saturated carbocycles. The molecule has 0 aliphatic carbocycles. The Balaban J connectivity index is 1.32. The molecule has 0 spiro atoms. The summed E-state index contributed by atoms with van der Waals surface area (Å²) in [4.78, 5) is 28.1. The maximum atomic E-state index is 12.8. The van der Waals surface area contributed by atoms with Crippen molar-refractivity contribution < 1.29 is 22.5 Å². The Hall–Kier alpha value is -3.38. The van der Waals surface area contributed by atoms with Gasteiger partial charge in [-0.25, -0.2) is 17.9 Å². The fourth-order valence-corrected chi connectivity index (χ4v) is 5.41. The second-order valence-electron chi connectivity index (χ2n) is 8.36. The Morgan fingerprint density at radius 2 is 1.97 bits per heavy atom. The predicted octanol–water partition coefficient (Wildman–Crippen LogP) is 3.71. The molecule has 0 radical (unpaired) electrons. The summed E-state index contributed by atoms with van der Waals surface area (Å²) >= 11 is 1.58. The molecule has 12 heteroatoms. The molecule has 10 nitrogen and oxygen atoms in total. The highest BCUT2D eigenvalue weighted by Gasteiger charge is 2.28. The number of aryl methyl sites for hydroxylation is 1. The summed E-state index contributed by atoms with van der Waals surface area (Å²) < 4.78 is 32.7. The van der Waals surface area contributed by atoms with Crippen molar-refractivity contribution in [3.8, 4) is 0 Å². The smallest absolute Gasteiger partial charge is 0.317 e. The average molecular weight is 518 g/mol. The van der Waals surface area contributed by atoms with Gasteiger partial charge in [-0.2, -0.15) is 0 Å². The van der Waals surface area contributed by atoms with Crippen LogP contribution >= 0.6 is 11.3 Å². The topological polar surface area (TPSA) is 134 Å². The molecule has 3 heterocycles. The van der Waals surface area contributed by atoms with E-state index in [1.807, 2.05) is 17.5 Å². The Bertz CT molecular complexity index is 1290. The zero-order valence-corrected chi connectivity index (χ0v) is 21.0. The molecule has 1 aliphatic heterocycles. The molecule has 1 unspecified atom stereocenters. The minimum absolute atomic E-state index is 0.0233. The van der Waals surface area contributed by atoms with E-state index in [4.69, 9.17) is 4.52 Å². The monoisotopic (exact) mass is 517 g/mol. The van der Waals surface area contributed by atoms with Crippen LogP contribution < -0.4 is 15.4 Å². The second kappa shape index (κ2) is 10.5. The van der Waals surface area contributed by atoms with E-state index >= 15 is 0 Å². The molecular formula is C23H27N5O5S2. The van der Waals surface area contributed by atoms with E-state index in [0.29, 0.717) is 43.0 Å². The molecule has 1 aromatic carbocycles. The van der Waals surface area contributed by atoms with E-state index in [0.717, 1.165) is 11.3 Å². The van der Waals surface area contributed by atoms with Crippen molar-refractivity contribution in [2.24, 2.45) is 5.92 Å². The van der Waals surface area contributed by atoms with E-state index in [-0.39, 0.29) is 28.6 Å². The lowest BCUT2D eigenvalue weighted by molar-refractivity contribution is -0.121. The Morgan fingerprint density at radius 1 is 1.20 bits per heavy atom. The lowest BCUT2D eigenvalue weighted by Crippen LogP contribution is -2.47. The maximum Gasteiger partial charge on any atom is 0.317 e. The summed E-state index contributed by atoms with van der Waals surface area (Å²) in [7, 11) is -3.87. The van der Waals surface area contributed by atoms with Crippen LogP contribution in [-0.4, -0.2) is 43.5 Å². The van der Waals surface area contributed by atoms with Crippen LogP contribution in [0, 0.1) is 19.8 Å². The van der Waals surface area contributed by atoms with Crippen molar-refractivity contribution in [1.82, 2.24) is 15.4 Å². The van der Waals surface area contributed by atoms with Crippen LogP contribution in [0.1, 0.15) is 29.0 Å². The van der Waals surface area contributed by atoms with Crippen molar-refractivity contribution in [2.75, 3.05) is 23.1 Å². The van der Waals surface area contributed by atoms with Gasteiger partial charge in [-0.05, 0) is 62.4 Å². The maximum absolute atomic E-state index is 12.8. The molecule has 3 N–H and O–H groups in total. The standard InChI is InChI=1S/C23H27N5O5S2/c1-15-16(2)26-33-22(15)27-35(31,32)20-9-7-18(8-10-20)25-21(29)17-5-3-11-28(14-17)23(30)24-13-19-6-4-12-34-19/h4,6-10,12,17,27H,3,5,11,13-14H2,1-2H3,(H,24,30)(H,25,29). The molecule has 4 rings (SSSR count). The molecular weight excluding hydrogens is 490 g/mol. The third-order valence-electron chi connectivity index (χ3n) is 5.89. The summed E-state index contributed by atoms with van der Waals surface area (Å²) in [5.74, 6) is -0.484. The summed E-state index contributed by atoms with van der Waals surface area (Å²) in [5.41, 5.74) is 1.68. The van der Waals surface area contributed by atoms with Crippen LogP contribution in [0.4, 0.5) is 16.4 Å². The molecule has 1 saturated heterocycles. The summed E-state index contributed by atoms with van der Waals surface area (Å²) in [6.45, 7) is 4.82. The molecule has 35 heavy (non-hydrogen) atoms. The molecule has 1 aliphatic rings. The SMILES string of the molecule is Cc1noc(NS(=O)(=O)c2ccc(NC(=O)C3CCCN(C(=O)NCc4cccs4)C3)cc2)c1C. The highest BCUT2D eigenvalue weighted by atomic mass is 32.2. The number of piperidine rings is 1. The first kappa shape index (κ1) is 24.7. The van der Waals surface area contributed by atoms with Crippen LogP contribution in [0.2, 0.25) is 0 Å². The molecule has 1 atom stereocenters. The molecule has 0 bridgehead atoms. The summed E-state index contributed by atoms with van der Waals surface area (Å²) in [6, 6.07) is 9.57. The second-order valence-corrected chi connectivity index (χ2v) is 11.1. The third-order valence-corrected chi connectivity index (χ3v) is 8.11. The fraction of sp³-hybridized carbons (Fsp3) is 0.348. The van der Waals surface area contributed by atoms with E-state index in [2.05, 4.69) is 20.5 Å². The van der Waals surface area contributed by atoms with Gasteiger partial charge >= 0.3 is 6.03 Å². The van der Waals surface area contributed by atoms with E-state index in [1.165, 1.54) is 24.3 Å². The minimum atomic E-state index is -3.87. The Morgan fingerprint density at radius 3 is 2.63 bits per heavy atom. The zero-order valence-electron chi connectivity index (χ0n) is 19.4. The number of sulfonamides is 1. The number of thiophene rings is 1. The number of carbonyl (C=O) groups is 2. The molecule has 2 aromatic heterocycles. The van der Waals surface area contributed by atoms with Gasteiger partial charge in [-0.3, -0.25) is 4.79 Å². The van der Waals surface area contributed by atoms with Crippen LogP contribution in [0.5, 0.6) is 0 Å². The van der Waals surface area contributed by atoms with Crippen LogP contribution in [-0.2, 0) is 21.4 Å². The number of hydrogen-bond acceptors (Lipinski definition) is 7. The van der Waals surface area contributed by atoms with Crippen molar-refractivity contribution in [1.29, 1.82) is 0 Å². The fourth-order valence-electron chi connectivity index (χ4n) is 3.72. The number of nitrogens with zero attached hydrogens (tertiary/aromatic N) is 2. The van der Waals surface area contributed by atoms with Gasteiger partial charge < -0.3 is 20.1 Å². The number of carbonyl (C=O) groups excluding carboxylic acids is 2. The van der Waals surface area contributed by atoms with Gasteiger partial charge in [0.05, 0.1) is 23.1 Å². The van der Waals surface area contributed by atoms with Gasteiger partial charge in [0.25, 0.3) is 10.0 Å². The van der Waals surface area contributed by atoms with Gasteiger partial charge in [0.2, 0.25) is 11.8 Å². The van der Waals surface area contributed by atoms with Crippen molar-refractivity contribution in [3.05, 3.63) is 57.9 Å². The summed E-state index contributed by atoms with van der Waals surface area (Å²) in [6.07, 6.45) is 1.40. The highest BCUT2D eigenvalue weighted by molar-refractivity contribution is 7.92.